The van der Waals surface area contributed by atoms with Gasteiger partial charge >= 0.3 is 5.97 Å². The first-order valence-corrected chi connectivity index (χ1v) is 6.32. The number of amides is 2. The van der Waals surface area contributed by atoms with Crippen molar-refractivity contribution in [2.24, 2.45) is 11.7 Å². The van der Waals surface area contributed by atoms with E-state index >= 15 is 0 Å². The van der Waals surface area contributed by atoms with Crippen LogP contribution in [0.25, 0.3) is 0 Å². The van der Waals surface area contributed by atoms with Crippen LogP contribution in [-0.2, 0) is 4.79 Å². The Bertz CT molecular complexity index is 514. The average Bonchev–Trinajstić information content (AvgIpc) is 2.43. The number of hydrogen-bond acceptors (Lipinski definition) is 3. The highest BCUT2D eigenvalue weighted by Crippen LogP contribution is 2.06. The van der Waals surface area contributed by atoms with E-state index in [0.29, 0.717) is 24.9 Å². The van der Waals surface area contributed by atoms with Gasteiger partial charge in [-0.25, -0.2) is 0 Å². The minimum atomic E-state index is -0.842. The molecule has 0 spiro atoms. The zero-order chi connectivity index (χ0) is 15.1. The maximum absolute atomic E-state index is 11.8. The van der Waals surface area contributed by atoms with Crippen LogP contribution in [0.3, 0.4) is 0 Å². The van der Waals surface area contributed by atoms with Gasteiger partial charge in [-0.05, 0) is 31.0 Å². The molecule has 1 aromatic rings. The molecule has 6 heteroatoms. The molecule has 0 saturated heterocycles. The molecule has 4 N–H and O–H groups in total. The van der Waals surface area contributed by atoms with Gasteiger partial charge in [-0.2, -0.15) is 0 Å². The molecule has 20 heavy (non-hydrogen) atoms. The minimum Gasteiger partial charge on any atom is -0.481 e. The van der Waals surface area contributed by atoms with Crippen LogP contribution in [0.4, 0.5) is 0 Å². The second-order valence-electron chi connectivity index (χ2n) is 4.58. The zero-order valence-electron chi connectivity index (χ0n) is 11.3. The number of carbonyl (C=O) groups is 3. The van der Waals surface area contributed by atoms with Gasteiger partial charge in [0.25, 0.3) is 5.91 Å². The summed E-state index contributed by atoms with van der Waals surface area (Å²) in [5.74, 6) is -2.17. The van der Waals surface area contributed by atoms with Crippen LogP contribution in [0.2, 0.25) is 0 Å². The summed E-state index contributed by atoms with van der Waals surface area (Å²) < 4.78 is 0. The van der Waals surface area contributed by atoms with E-state index in [1.807, 2.05) is 0 Å². The number of rotatable bonds is 7. The Hall–Kier alpha value is -2.37. The van der Waals surface area contributed by atoms with Gasteiger partial charge in [0.15, 0.2) is 0 Å². The molecule has 1 aromatic carbocycles. The van der Waals surface area contributed by atoms with Gasteiger partial charge in [0.1, 0.15) is 0 Å². The Morgan fingerprint density at radius 3 is 2.55 bits per heavy atom. The fraction of sp³-hybridized carbons (Fsp3) is 0.357. The largest absolute Gasteiger partial charge is 0.481 e. The van der Waals surface area contributed by atoms with Gasteiger partial charge in [0.05, 0.1) is 5.92 Å². The third kappa shape index (κ3) is 4.72. The first kappa shape index (κ1) is 15.7. The van der Waals surface area contributed by atoms with Crippen molar-refractivity contribution in [2.45, 2.75) is 19.8 Å². The lowest BCUT2D eigenvalue weighted by molar-refractivity contribution is -0.141. The SMILES string of the molecule is CC(CCCNC(=O)c1cccc(C(N)=O)c1)C(=O)O. The first-order chi connectivity index (χ1) is 9.41. The Morgan fingerprint density at radius 2 is 1.95 bits per heavy atom. The van der Waals surface area contributed by atoms with E-state index in [-0.39, 0.29) is 11.5 Å². The summed E-state index contributed by atoms with van der Waals surface area (Å²) >= 11 is 0. The van der Waals surface area contributed by atoms with Crippen molar-refractivity contribution in [3.8, 4) is 0 Å². The number of primary amides is 1. The molecule has 108 valence electrons. The van der Waals surface area contributed by atoms with Crippen molar-refractivity contribution in [1.29, 1.82) is 0 Å². The maximum Gasteiger partial charge on any atom is 0.306 e. The first-order valence-electron chi connectivity index (χ1n) is 6.32. The van der Waals surface area contributed by atoms with E-state index in [4.69, 9.17) is 10.8 Å². The van der Waals surface area contributed by atoms with E-state index in [1.165, 1.54) is 12.1 Å². The maximum atomic E-state index is 11.8. The van der Waals surface area contributed by atoms with Crippen molar-refractivity contribution < 1.29 is 19.5 Å². The molecular weight excluding hydrogens is 260 g/mol. The van der Waals surface area contributed by atoms with Crippen LogP contribution in [0, 0.1) is 5.92 Å². The number of aliphatic carboxylic acids is 1. The molecule has 0 aliphatic heterocycles. The summed E-state index contributed by atoms with van der Waals surface area (Å²) in [7, 11) is 0. The highest BCUT2D eigenvalue weighted by molar-refractivity contribution is 5.99. The normalized spacial score (nSPS) is 11.7. The van der Waals surface area contributed by atoms with Gasteiger partial charge in [-0.15, -0.1) is 0 Å². The van der Waals surface area contributed by atoms with E-state index in [2.05, 4.69) is 5.32 Å². The zero-order valence-corrected chi connectivity index (χ0v) is 11.3. The number of carboxylic acids is 1. The molecule has 1 atom stereocenters. The predicted octanol–water partition coefficient (Wildman–Crippen LogP) is 1.02. The van der Waals surface area contributed by atoms with Crippen LogP contribution >= 0.6 is 0 Å². The lowest BCUT2D eigenvalue weighted by Gasteiger charge is -2.08. The molecule has 2 amide bonds. The van der Waals surface area contributed by atoms with Gasteiger partial charge in [-0.3, -0.25) is 14.4 Å². The second-order valence-corrected chi connectivity index (χ2v) is 4.58. The number of hydrogen-bond donors (Lipinski definition) is 3. The molecule has 0 saturated carbocycles. The lowest BCUT2D eigenvalue weighted by atomic mass is 10.1. The van der Waals surface area contributed by atoms with Crippen molar-refractivity contribution in [1.82, 2.24) is 5.32 Å². The van der Waals surface area contributed by atoms with Crippen LogP contribution in [-0.4, -0.2) is 29.4 Å². The summed E-state index contributed by atoms with van der Waals surface area (Å²) in [5, 5.41) is 11.4. The molecule has 0 radical (unpaired) electrons. The van der Waals surface area contributed by atoms with Crippen LogP contribution in [0.5, 0.6) is 0 Å². The van der Waals surface area contributed by atoms with Gasteiger partial charge in [0.2, 0.25) is 5.91 Å². The van der Waals surface area contributed by atoms with Gasteiger partial charge in [-0.1, -0.05) is 13.0 Å². The van der Waals surface area contributed by atoms with Crippen molar-refractivity contribution >= 4 is 17.8 Å². The number of benzene rings is 1. The molecule has 0 heterocycles. The van der Waals surface area contributed by atoms with E-state index in [1.54, 1.807) is 19.1 Å². The van der Waals surface area contributed by atoms with Gasteiger partial charge in [0, 0.05) is 17.7 Å². The third-order valence-corrected chi connectivity index (χ3v) is 2.93. The molecule has 6 nitrogen and oxygen atoms in total. The van der Waals surface area contributed by atoms with Crippen molar-refractivity contribution in [3.63, 3.8) is 0 Å². The Balaban J connectivity index is 2.45. The number of carbonyl (C=O) groups excluding carboxylic acids is 2. The quantitative estimate of drug-likeness (QED) is 0.647. The van der Waals surface area contributed by atoms with Crippen LogP contribution in [0.1, 0.15) is 40.5 Å². The Labute approximate surface area is 117 Å². The third-order valence-electron chi connectivity index (χ3n) is 2.93. The smallest absolute Gasteiger partial charge is 0.306 e. The molecule has 0 aromatic heterocycles. The molecule has 0 fully saturated rings. The fourth-order valence-electron chi connectivity index (χ4n) is 1.65. The lowest BCUT2D eigenvalue weighted by Crippen LogP contribution is -2.25. The van der Waals surface area contributed by atoms with E-state index < -0.39 is 17.8 Å². The molecule has 1 unspecified atom stereocenters. The monoisotopic (exact) mass is 278 g/mol. The topological polar surface area (TPSA) is 109 Å². The summed E-state index contributed by atoms with van der Waals surface area (Å²) in [6, 6.07) is 6.13. The molecule has 1 rings (SSSR count). The summed E-state index contributed by atoms with van der Waals surface area (Å²) in [6.45, 7) is 2.01. The Kier molecular flexibility index (Phi) is 5.71. The van der Waals surface area contributed by atoms with Crippen molar-refractivity contribution in [3.05, 3.63) is 35.4 Å². The van der Waals surface area contributed by atoms with Crippen molar-refractivity contribution in [2.75, 3.05) is 6.54 Å². The standard InChI is InChI=1S/C14H18N2O4/c1-9(14(19)20)4-3-7-16-13(18)11-6-2-5-10(8-11)12(15)17/h2,5-6,8-9H,3-4,7H2,1H3,(H2,15,17)(H,16,18)(H,19,20). The number of carboxylic acid groups (broad SMARTS) is 1. The summed E-state index contributed by atoms with van der Waals surface area (Å²) in [4.78, 5) is 33.4. The van der Waals surface area contributed by atoms with E-state index in [0.717, 1.165) is 0 Å². The predicted molar refractivity (Wildman–Crippen MR) is 73.3 cm³/mol. The molecule has 0 aliphatic carbocycles. The summed E-state index contributed by atoms with van der Waals surface area (Å²) in [5.41, 5.74) is 5.77. The Morgan fingerprint density at radius 1 is 1.30 bits per heavy atom. The van der Waals surface area contributed by atoms with Crippen LogP contribution < -0.4 is 11.1 Å². The highest BCUT2D eigenvalue weighted by atomic mass is 16.4. The average molecular weight is 278 g/mol. The fourth-order valence-corrected chi connectivity index (χ4v) is 1.65. The van der Waals surface area contributed by atoms with E-state index in [9.17, 15) is 14.4 Å². The number of nitrogens with two attached hydrogens (primary N) is 1. The minimum absolute atomic E-state index is 0.275. The second kappa shape index (κ2) is 7.28. The van der Waals surface area contributed by atoms with Gasteiger partial charge < -0.3 is 16.2 Å². The summed E-state index contributed by atoms with van der Waals surface area (Å²) in [6.07, 6.45) is 1.08. The molecule has 0 aliphatic rings. The number of nitrogens with one attached hydrogen (secondary N) is 1. The highest BCUT2D eigenvalue weighted by Gasteiger charge is 2.11. The van der Waals surface area contributed by atoms with Crippen LogP contribution in [0.15, 0.2) is 24.3 Å². The molecular formula is C14H18N2O4. The molecule has 0 bridgehead atoms.